The van der Waals surface area contributed by atoms with Gasteiger partial charge in [0, 0.05) is 17.2 Å². The summed E-state index contributed by atoms with van der Waals surface area (Å²) in [6.07, 6.45) is 1.05. The summed E-state index contributed by atoms with van der Waals surface area (Å²) in [7, 11) is 0. The van der Waals surface area contributed by atoms with Crippen LogP contribution in [0.1, 0.15) is 48.3 Å². The highest BCUT2D eigenvalue weighted by molar-refractivity contribution is 5.54. The van der Waals surface area contributed by atoms with Crippen LogP contribution in [0.2, 0.25) is 0 Å². The van der Waals surface area contributed by atoms with Crippen molar-refractivity contribution in [2.24, 2.45) is 5.92 Å². The maximum absolute atomic E-state index is 6.14. The molecule has 0 N–H and O–H groups in total. The topological polar surface area (TPSA) is 22.1 Å². The van der Waals surface area contributed by atoms with Crippen LogP contribution in [0, 0.1) is 38.5 Å². The van der Waals surface area contributed by atoms with Crippen LogP contribution in [-0.4, -0.2) is 4.98 Å². The van der Waals surface area contributed by atoms with E-state index in [2.05, 4.69) is 49.7 Å². The van der Waals surface area contributed by atoms with Gasteiger partial charge >= 0.3 is 0 Å². The lowest BCUT2D eigenvalue weighted by Gasteiger charge is -2.15. The smallest absolute Gasteiger partial charge is 0.141 e. The molecule has 0 bridgehead atoms. The molecule has 0 amide bonds. The van der Waals surface area contributed by atoms with Gasteiger partial charge in [-0.3, -0.25) is 4.98 Å². The van der Waals surface area contributed by atoms with Gasteiger partial charge in [-0.05, 0) is 32.8 Å². The van der Waals surface area contributed by atoms with Crippen molar-refractivity contribution in [3.63, 3.8) is 0 Å². The lowest BCUT2D eigenvalue weighted by atomic mass is 10.0. The van der Waals surface area contributed by atoms with E-state index in [-0.39, 0.29) is 0 Å². The number of pyridine rings is 1. The zero-order valence-corrected chi connectivity index (χ0v) is 14.7. The third kappa shape index (κ3) is 4.36. The Balaban J connectivity index is 2.36. The van der Waals surface area contributed by atoms with E-state index in [4.69, 9.17) is 4.74 Å². The van der Waals surface area contributed by atoms with E-state index < -0.39 is 0 Å². The molecule has 2 heteroatoms. The Hall–Kier alpha value is -2.27. The van der Waals surface area contributed by atoms with Crippen LogP contribution in [0.5, 0.6) is 5.75 Å². The van der Waals surface area contributed by atoms with Gasteiger partial charge in [-0.15, -0.1) is 0 Å². The summed E-state index contributed by atoms with van der Waals surface area (Å²) in [4.78, 5) is 4.61. The molecule has 0 radical (unpaired) electrons. The molecule has 0 saturated heterocycles. The van der Waals surface area contributed by atoms with Gasteiger partial charge in [-0.2, -0.15) is 0 Å². The Bertz CT molecular complexity index is 723. The molecule has 0 saturated carbocycles. The predicted molar refractivity (Wildman–Crippen MR) is 95.6 cm³/mol. The van der Waals surface area contributed by atoms with E-state index in [0.717, 1.165) is 40.2 Å². The maximum Gasteiger partial charge on any atom is 0.141 e. The molecule has 0 fully saturated rings. The van der Waals surface area contributed by atoms with E-state index in [1.807, 2.05) is 32.0 Å². The van der Waals surface area contributed by atoms with E-state index in [0.29, 0.717) is 12.5 Å². The summed E-state index contributed by atoms with van der Waals surface area (Å²) in [5.74, 6) is 7.85. The first-order valence-corrected chi connectivity index (χ1v) is 8.19. The summed E-state index contributed by atoms with van der Waals surface area (Å²) in [6, 6.07) is 10.2. The normalized spacial score (nSPS) is 11.5. The fourth-order valence-electron chi connectivity index (χ4n) is 2.26. The molecule has 0 aliphatic rings. The minimum Gasteiger partial charge on any atom is -0.487 e. The maximum atomic E-state index is 6.14. The predicted octanol–water partition coefficient (Wildman–Crippen LogP) is 4.98. The van der Waals surface area contributed by atoms with Crippen LogP contribution in [0.4, 0.5) is 0 Å². The van der Waals surface area contributed by atoms with Crippen molar-refractivity contribution < 1.29 is 4.74 Å². The molecule has 1 aromatic carbocycles. The average molecular weight is 307 g/mol. The van der Waals surface area contributed by atoms with Gasteiger partial charge in [0.15, 0.2) is 0 Å². The number of aromatic nitrogens is 1. The van der Waals surface area contributed by atoms with E-state index in [1.165, 1.54) is 0 Å². The molecule has 1 unspecified atom stereocenters. The quantitative estimate of drug-likeness (QED) is 0.743. The summed E-state index contributed by atoms with van der Waals surface area (Å²) in [6.45, 7) is 10.9. The second-order valence-corrected chi connectivity index (χ2v) is 5.96. The van der Waals surface area contributed by atoms with Gasteiger partial charge < -0.3 is 4.74 Å². The lowest BCUT2D eigenvalue weighted by Crippen LogP contribution is -2.04. The van der Waals surface area contributed by atoms with Crippen LogP contribution >= 0.6 is 0 Å². The minimum absolute atomic E-state index is 0.373. The Kier molecular flexibility index (Phi) is 5.82. The number of hydrogen-bond acceptors (Lipinski definition) is 2. The summed E-state index contributed by atoms with van der Waals surface area (Å²) < 4.78 is 6.14. The second-order valence-electron chi connectivity index (χ2n) is 5.96. The summed E-state index contributed by atoms with van der Waals surface area (Å²) in [5, 5.41) is 0. The lowest BCUT2D eigenvalue weighted by molar-refractivity contribution is 0.302. The van der Waals surface area contributed by atoms with Gasteiger partial charge in [0.1, 0.15) is 12.4 Å². The van der Waals surface area contributed by atoms with E-state index >= 15 is 0 Å². The highest BCUT2D eigenvalue weighted by Gasteiger charge is 2.13. The fourth-order valence-corrected chi connectivity index (χ4v) is 2.26. The number of nitrogens with zero attached hydrogens (tertiary/aromatic N) is 1. The van der Waals surface area contributed by atoms with E-state index in [9.17, 15) is 0 Å². The van der Waals surface area contributed by atoms with Crippen molar-refractivity contribution in [3.8, 4) is 17.6 Å². The molecule has 0 spiro atoms. The number of rotatable bonds is 4. The van der Waals surface area contributed by atoms with Gasteiger partial charge in [0.05, 0.1) is 11.3 Å². The zero-order chi connectivity index (χ0) is 16.8. The van der Waals surface area contributed by atoms with E-state index in [1.54, 1.807) is 0 Å². The Morgan fingerprint density at radius 1 is 1.09 bits per heavy atom. The van der Waals surface area contributed by atoms with Crippen molar-refractivity contribution >= 4 is 0 Å². The molecule has 23 heavy (non-hydrogen) atoms. The fraction of sp³-hybridized carbons (Fsp3) is 0.381. The highest BCUT2D eigenvalue weighted by atomic mass is 16.5. The van der Waals surface area contributed by atoms with Gasteiger partial charge in [-0.25, -0.2) is 0 Å². The largest absolute Gasteiger partial charge is 0.487 e. The third-order valence-corrected chi connectivity index (χ3v) is 4.09. The molecule has 2 nitrogen and oxygen atoms in total. The second kappa shape index (κ2) is 7.83. The molecular weight excluding hydrogens is 282 g/mol. The van der Waals surface area contributed by atoms with Crippen LogP contribution in [0.25, 0.3) is 0 Å². The number of ether oxygens (including phenoxy) is 1. The molecule has 1 aromatic heterocycles. The summed E-state index contributed by atoms with van der Waals surface area (Å²) in [5.41, 5.74) is 5.08. The molecular formula is C21H25NO. The SMILES string of the molecule is CCC(C)C#Cc1c(C)nc(C)c(C)c1OCc1ccccc1. The van der Waals surface area contributed by atoms with Crippen LogP contribution in [-0.2, 0) is 6.61 Å². The van der Waals surface area contributed by atoms with Gasteiger partial charge in [0.25, 0.3) is 0 Å². The van der Waals surface area contributed by atoms with Crippen LogP contribution < -0.4 is 4.74 Å². The Morgan fingerprint density at radius 2 is 1.78 bits per heavy atom. The number of aryl methyl sites for hydroxylation is 2. The summed E-state index contributed by atoms with van der Waals surface area (Å²) >= 11 is 0. The molecule has 2 aromatic rings. The zero-order valence-electron chi connectivity index (χ0n) is 14.7. The molecule has 1 heterocycles. The Morgan fingerprint density at radius 3 is 2.43 bits per heavy atom. The van der Waals surface area contributed by atoms with Crippen molar-refractivity contribution in [3.05, 3.63) is 58.4 Å². The number of hydrogen-bond donors (Lipinski definition) is 0. The van der Waals surface area contributed by atoms with Gasteiger partial charge in [-0.1, -0.05) is 56.0 Å². The highest BCUT2D eigenvalue weighted by Crippen LogP contribution is 2.28. The first-order valence-electron chi connectivity index (χ1n) is 8.19. The van der Waals surface area contributed by atoms with Crippen LogP contribution in [0.3, 0.4) is 0 Å². The number of benzene rings is 1. The third-order valence-electron chi connectivity index (χ3n) is 4.09. The Labute approximate surface area is 139 Å². The monoisotopic (exact) mass is 307 g/mol. The first kappa shape index (κ1) is 17.1. The molecule has 1 atom stereocenters. The van der Waals surface area contributed by atoms with Crippen molar-refractivity contribution in [2.75, 3.05) is 0 Å². The average Bonchev–Trinajstić information content (AvgIpc) is 2.56. The van der Waals surface area contributed by atoms with Crippen molar-refractivity contribution in [1.82, 2.24) is 4.98 Å². The van der Waals surface area contributed by atoms with Gasteiger partial charge in [0.2, 0.25) is 0 Å². The molecule has 2 rings (SSSR count). The molecule has 120 valence electrons. The minimum atomic E-state index is 0.373. The van der Waals surface area contributed by atoms with Crippen molar-refractivity contribution in [2.45, 2.75) is 47.6 Å². The molecule has 0 aliphatic heterocycles. The first-order chi connectivity index (χ1) is 11.0. The standard InChI is InChI=1S/C21H25NO/c1-6-15(2)12-13-20-18(5)22-17(4)16(3)21(20)23-14-19-10-8-7-9-11-19/h7-11,15H,6,14H2,1-5H3. The van der Waals surface area contributed by atoms with Crippen molar-refractivity contribution in [1.29, 1.82) is 0 Å². The van der Waals surface area contributed by atoms with Crippen LogP contribution in [0.15, 0.2) is 30.3 Å². The molecule has 0 aliphatic carbocycles.